The number of fused-ring (bicyclic) bond motifs is 1. The van der Waals surface area contributed by atoms with Gasteiger partial charge in [-0.15, -0.1) is 10.2 Å². The van der Waals surface area contributed by atoms with Crippen molar-refractivity contribution in [3.8, 4) is 0 Å². The van der Waals surface area contributed by atoms with Crippen molar-refractivity contribution in [2.45, 2.75) is 26.3 Å². The van der Waals surface area contributed by atoms with Crippen LogP contribution in [0.2, 0.25) is 0 Å². The number of benzene rings is 1. The van der Waals surface area contributed by atoms with Crippen molar-refractivity contribution >= 4 is 28.3 Å². The molecular weight excluding hydrogens is 302 g/mol. The number of nitrogens with zero attached hydrogens (tertiary/aromatic N) is 3. The van der Waals surface area contributed by atoms with Gasteiger partial charge in [-0.1, -0.05) is 18.2 Å². The third kappa shape index (κ3) is 3.65. The molecule has 6 heteroatoms. The fourth-order valence-corrected chi connectivity index (χ4v) is 2.27. The highest BCUT2D eigenvalue weighted by atomic mass is 16.2. The minimum absolute atomic E-state index is 0.242. The van der Waals surface area contributed by atoms with Crippen LogP contribution >= 0.6 is 0 Å². The van der Waals surface area contributed by atoms with Gasteiger partial charge in [0.1, 0.15) is 0 Å². The summed E-state index contributed by atoms with van der Waals surface area (Å²) < 4.78 is 0. The van der Waals surface area contributed by atoms with Crippen LogP contribution in [0.3, 0.4) is 0 Å². The molecule has 6 nitrogen and oxygen atoms in total. The van der Waals surface area contributed by atoms with Crippen LogP contribution in [0.4, 0.5) is 11.5 Å². The van der Waals surface area contributed by atoms with E-state index in [1.165, 1.54) is 0 Å². The topological polar surface area (TPSA) is 79.8 Å². The van der Waals surface area contributed by atoms with Gasteiger partial charge < -0.3 is 10.6 Å². The zero-order valence-corrected chi connectivity index (χ0v) is 13.9. The Bertz CT molecular complexity index is 863. The summed E-state index contributed by atoms with van der Waals surface area (Å²) in [5, 5.41) is 15.2. The molecule has 122 valence electrons. The molecule has 2 heterocycles. The smallest absolute Gasteiger partial charge is 0.272 e. The summed E-state index contributed by atoms with van der Waals surface area (Å²) in [6.07, 6.45) is 1.75. The maximum absolute atomic E-state index is 12.1. The summed E-state index contributed by atoms with van der Waals surface area (Å²) in [6.45, 7) is 5.76. The molecule has 2 N–H and O–H groups in total. The van der Waals surface area contributed by atoms with Gasteiger partial charge in [-0.3, -0.25) is 9.78 Å². The Hall–Kier alpha value is -3.02. The zero-order chi connectivity index (χ0) is 17.2. The molecule has 0 aliphatic rings. The van der Waals surface area contributed by atoms with Crippen LogP contribution in [-0.4, -0.2) is 26.6 Å². The van der Waals surface area contributed by atoms with E-state index in [0.29, 0.717) is 5.82 Å². The predicted molar refractivity (Wildman–Crippen MR) is 94.3 cm³/mol. The number of nitrogens with one attached hydrogen (secondary N) is 2. The molecule has 0 aliphatic carbocycles. The first-order valence-corrected chi connectivity index (χ1v) is 7.69. The normalized spacial score (nSPS) is 11.3. The SMILES string of the molecule is CC(C)(C)NC(=O)c1ccc(Nc2cccc3cccnc23)nn1. The zero-order valence-electron chi connectivity index (χ0n) is 13.9. The average molecular weight is 321 g/mol. The lowest BCUT2D eigenvalue weighted by Gasteiger charge is -2.19. The van der Waals surface area contributed by atoms with Gasteiger partial charge in [0.15, 0.2) is 11.5 Å². The minimum Gasteiger partial charge on any atom is -0.346 e. The van der Waals surface area contributed by atoms with Crippen LogP contribution in [-0.2, 0) is 0 Å². The minimum atomic E-state index is -0.315. The van der Waals surface area contributed by atoms with Crippen LogP contribution in [0.25, 0.3) is 10.9 Å². The van der Waals surface area contributed by atoms with Crippen molar-refractivity contribution in [2.24, 2.45) is 0 Å². The predicted octanol–water partition coefficient (Wildman–Crippen LogP) is 3.30. The van der Waals surface area contributed by atoms with Crippen molar-refractivity contribution in [3.63, 3.8) is 0 Å². The highest BCUT2D eigenvalue weighted by Gasteiger charge is 2.16. The first kappa shape index (κ1) is 15.9. The summed E-state index contributed by atoms with van der Waals surface area (Å²) in [4.78, 5) is 16.4. The maximum atomic E-state index is 12.1. The van der Waals surface area contributed by atoms with Crippen LogP contribution < -0.4 is 10.6 Å². The standard InChI is InChI=1S/C18H19N5O/c1-18(2,3)21-17(24)14-9-10-15(23-22-14)20-13-8-4-6-12-7-5-11-19-16(12)13/h4-11H,1-3H3,(H,20,23)(H,21,24). The second-order valence-corrected chi connectivity index (χ2v) is 6.51. The number of rotatable bonds is 3. The number of aromatic nitrogens is 3. The van der Waals surface area contributed by atoms with Gasteiger partial charge in [0.25, 0.3) is 5.91 Å². The van der Waals surface area contributed by atoms with E-state index in [0.717, 1.165) is 16.6 Å². The van der Waals surface area contributed by atoms with E-state index >= 15 is 0 Å². The Balaban J connectivity index is 1.80. The van der Waals surface area contributed by atoms with Crippen LogP contribution in [0.5, 0.6) is 0 Å². The number of hydrogen-bond acceptors (Lipinski definition) is 5. The Morgan fingerprint density at radius 1 is 1.00 bits per heavy atom. The van der Waals surface area contributed by atoms with E-state index < -0.39 is 0 Å². The van der Waals surface area contributed by atoms with Crippen molar-refractivity contribution in [1.82, 2.24) is 20.5 Å². The lowest BCUT2D eigenvalue weighted by Crippen LogP contribution is -2.41. The van der Waals surface area contributed by atoms with Gasteiger partial charge in [-0.25, -0.2) is 0 Å². The Kier molecular flexibility index (Phi) is 4.12. The number of pyridine rings is 1. The van der Waals surface area contributed by atoms with Crippen molar-refractivity contribution in [1.29, 1.82) is 0 Å². The fourth-order valence-electron chi connectivity index (χ4n) is 2.27. The maximum Gasteiger partial charge on any atom is 0.272 e. The largest absolute Gasteiger partial charge is 0.346 e. The molecule has 1 aromatic carbocycles. The van der Waals surface area contributed by atoms with E-state index in [-0.39, 0.29) is 17.1 Å². The Morgan fingerprint density at radius 2 is 1.79 bits per heavy atom. The van der Waals surface area contributed by atoms with Crippen molar-refractivity contribution < 1.29 is 4.79 Å². The molecule has 0 spiro atoms. The second kappa shape index (κ2) is 6.23. The fraction of sp³-hybridized carbons (Fsp3) is 0.222. The van der Waals surface area contributed by atoms with Crippen LogP contribution in [0, 0.1) is 0 Å². The van der Waals surface area contributed by atoms with Gasteiger partial charge >= 0.3 is 0 Å². The highest BCUT2D eigenvalue weighted by Crippen LogP contribution is 2.23. The molecule has 24 heavy (non-hydrogen) atoms. The highest BCUT2D eigenvalue weighted by molar-refractivity contribution is 5.93. The van der Waals surface area contributed by atoms with Crippen molar-refractivity contribution in [3.05, 3.63) is 54.4 Å². The van der Waals surface area contributed by atoms with E-state index in [2.05, 4.69) is 25.8 Å². The molecule has 0 saturated carbocycles. The summed E-state index contributed by atoms with van der Waals surface area (Å²) in [7, 11) is 0. The number of carbonyl (C=O) groups excluding carboxylic acids is 1. The molecule has 3 rings (SSSR count). The number of hydrogen-bond donors (Lipinski definition) is 2. The molecule has 2 aromatic heterocycles. The van der Waals surface area contributed by atoms with Gasteiger partial charge in [-0.2, -0.15) is 0 Å². The molecule has 0 atom stereocenters. The van der Waals surface area contributed by atoms with Crippen LogP contribution in [0.15, 0.2) is 48.7 Å². The average Bonchev–Trinajstić information content (AvgIpc) is 2.54. The third-order valence-electron chi connectivity index (χ3n) is 3.28. The Morgan fingerprint density at radius 3 is 2.50 bits per heavy atom. The summed E-state index contributed by atoms with van der Waals surface area (Å²) in [5.41, 5.74) is 1.67. The van der Waals surface area contributed by atoms with Gasteiger partial charge in [0, 0.05) is 17.1 Å². The molecule has 1 amide bonds. The monoisotopic (exact) mass is 321 g/mol. The van der Waals surface area contributed by atoms with E-state index in [1.54, 1.807) is 18.3 Å². The second-order valence-electron chi connectivity index (χ2n) is 6.51. The van der Waals surface area contributed by atoms with E-state index in [1.807, 2.05) is 51.1 Å². The molecule has 0 aliphatic heterocycles. The van der Waals surface area contributed by atoms with Crippen LogP contribution in [0.1, 0.15) is 31.3 Å². The number of para-hydroxylation sites is 1. The number of carbonyl (C=O) groups is 1. The third-order valence-corrected chi connectivity index (χ3v) is 3.28. The van der Waals surface area contributed by atoms with Gasteiger partial charge in [0.2, 0.25) is 0 Å². The summed E-state index contributed by atoms with van der Waals surface area (Å²) >= 11 is 0. The van der Waals surface area contributed by atoms with Gasteiger partial charge in [0.05, 0.1) is 11.2 Å². The lowest BCUT2D eigenvalue weighted by atomic mass is 10.1. The molecule has 0 bridgehead atoms. The first-order chi connectivity index (χ1) is 11.4. The number of anilines is 2. The number of amides is 1. The van der Waals surface area contributed by atoms with E-state index in [9.17, 15) is 4.79 Å². The summed E-state index contributed by atoms with van der Waals surface area (Å²) in [5.74, 6) is 0.314. The quantitative estimate of drug-likeness (QED) is 0.774. The molecular formula is C18H19N5O. The lowest BCUT2D eigenvalue weighted by molar-refractivity contribution is 0.0913. The Labute approximate surface area is 140 Å². The van der Waals surface area contributed by atoms with Gasteiger partial charge in [-0.05, 0) is 45.0 Å². The first-order valence-electron chi connectivity index (χ1n) is 7.69. The molecule has 3 aromatic rings. The molecule has 0 radical (unpaired) electrons. The molecule has 0 saturated heterocycles. The van der Waals surface area contributed by atoms with Crippen molar-refractivity contribution in [2.75, 3.05) is 5.32 Å². The molecule has 0 fully saturated rings. The summed E-state index contributed by atoms with van der Waals surface area (Å²) in [6, 6.07) is 13.1. The molecule has 0 unspecified atom stereocenters. The van der Waals surface area contributed by atoms with E-state index in [4.69, 9.17) is 0 Å².